The van der Waals surface area contributed by atoms with Gasteiger partial charge in [-0.25, -0.2) is 4.39 Å². The number of aliphatic hydroxyl groups is 1. The van der Waals surface area contributed by atoms with Crippen LogP contribution in [0.5, 0.6) is 0 Å². The molecule has 0 aromatic heterocycles. The Kier molecular flexibility index (Phi) is 4.06. The number of hydrogen-bond acceptors (Lipinski definition) is 4. The molecule has 2 aromatic rings. The number of anilines is 1. The zero-order valence-electron chi connectivity index (χ0n) is 16.2. The van der Waals surface area contributed by atoms with Gasteiger partial charge in [0.2, 0.25) is 17.4 Å². The van der Waals surface area contributed by atoms with Crippen molar-refractivity contribution in [2.24, 2.45) is 11.8 Å². The van der Waals surface area contributed by atoms with Crippen LogP contribution in [0.15, 0.2) is 48.5 Å². The van der Waals surface area contributed by atoms with Crippen LogP contribution in [0.3, 0.4) is 0 Å². The molecule has 3 aliphatic heterocycles. The third kappa shape index (κ3) is 2.41. The number of aliphatic hydroxyl groups excluding tert-OH is 1. The van der Waals surface area contributed by atoms with Gasteiger partial charge >= 0.3 is 0 Å². The van der Waals surface area contributed by atoms with Crippen LogP contribution < -0.4 is 10.6 Å². The SMILES string of the molecule is C[C@@H](O)[C@H]1[NH2+][C@]2(C(=O)Nc3ccccc32)[C@@H]2C(=O)N(Cc3ccc(F)cc3)C(=O)[C@H]12. The van der Waals surface area contributed by atoms with Crippen LogP contribution in [0.4, 0.5) is 10.1 Å². The molecule has 3 amide bonds. The molecule has 0 unspecified atom stereocenters. The Hall–Kier alpha value is -3.10. The Balaban J connectivity index is 1.59. The maximum absolute atomic E-state index is 13.5. The molecule has 0 saturated carbocycles. The van der Waals surface area contributed by atoms with E-state index in [1.54, 1.807) is 36.5 Å². The van der Waals surface area contributed by atoms with Gasteiger partial charge in [0.1, 0.15) is 29.8 Å². The monoisotopic (exact) mass is 410 g/mol. The van der Waals surface area contributed by atoms with E-state index in [0.717, 1.165) is 4.90 Å². The van der Waals surface area contributed by atoms with E-state index in [1.165, 1.54) is 24.3 Å². The number of para-hydroxylation sites is 1. The largest absolute Gasteiger partial charge is 0.387 e. The van der Waals surface area contributed by atoms with Gasteiger partial charge in [0.05, 0.1) is 12.2 Å². The van der Waals surface area contributed by atoms with Crippen LogP contribution in [0.1, 0.15) is 18.1 Å². The Morgan fingerprint density at radius 1 is 1.13 bits per heavy atom. The lowest BCUT2D eigenvalue weighted by Crippen LogP contribution is -3.00. The summed E-state index contributed by atoms with van der Waals surface area (Å²) in [4.78, 5) is 41.1. The second kappa shape index (κ2) is 6.45. The third-order valence-electron chi connectivity index (χ3n) is 6.61. The smallest absolute Gasteiger partial charge is 0.291 e. The lowest BCUT2D eigenvalue weighted by molar-refractivity contribution is -0.738. The molecule has 4 N–H and O–H groups in total. The molecule has 2 fully saturated rings. The van der Waals surface area contributed by atoms with Crippen molar-refractivity contribution in [3.8, 4) is 0 Å². The molecule has 2 saturated heterocycles. The van der Waals surface area contributed by atoms with Crippen LogP contribution in [0.25, 0.3) is 0 Å². The molecule has 30 heavy (non-hydrogen) atoms. The molecule has 0 aliphatic carbocycles. The van der Waals surface area contributed by atoms with Crippen LogP contribution in [-0.2, 0) is 26.5 Å². The molecule has 3 aliphatic rings. The topological polar surface area (TPSA) is 103 Å². The van der Waals surface area contributed by atoms with E-state index in [0.29, 0.717) is 16.8 Å². The van der Waals surface area contributed by atoms with E-state index in [-0.39, 0.29) is 12.5 Å². The van der Waals surface area contributed by atoms with Crippen molar-refractivity contribution in [1.29, 1.82) is 0 Å². The van der Waals surface area contributed by atoms with Crippen molar-refractivity contribution in [3.63, 3.8) is 0 Å². The van der Waals surface area contributed by atoms with Crippen molar-refractivity contribution in [2.45, 2.75) is 31.2 Å². The summed E-state index contributed by atoms with van der Waals surface area (Å²) in [6, 6.07) is 12.1. The highest BCUT2D eigenvalue weighted by atomic mass is 19.1. The minimum Gasteiger partial charge on any atom is -0.387 e. The summed E-state index contributed by atoms with van der Waals surface area (Å²) in [7, 11) is 0. The molecule has 5 rings (SSSR count). The Morgan fingerprint density at radius 2 is 1.83 bits per heavy atom. The number of carbonyl (C=O) groups is 3. The summed E-state index contributed by atoms with van der Waals surface area (Å²) < 4.78 is 13.2. The number of rotatable bonds is 3. The molecule has 0 radical (unpaired) electrons. The number of quaternary nitrogens is 1. The number of amides is 3. The molecule has 3 heterocycles. The predicted octanol–water partition coefficient (Wildman–Crippen LogP) is 0.101. The highest BCUT2D eigenvalue weighted by molar-refractivity contribution is 6.13. The fraction of sp³-hybridized carbons (Fsp3) is 0.318. The molecule has 2 aromatic carbocycles. The number of benzene rings is 2. The number of likely N-dealkylation sites (tertiary alicyclic amines) is 1. The summed E-state index contributed by atoms with van der Waals surface area (Å²) in [6.07, 6.45) is -0.903. The first-order chi connectivity index (χ1) is 14.3. The van der Waals surface area contributed by atoms with E-state index >= 15 is 0 Å². The molecular weight excluding hydrogens is 389 g/mol. The van der Waals surface area contributed by atoms with E-state index in [9.17, 15) is 23.9 Å². The third-order valence-corrected chi connectivity index (χ3v) is 6.61. The number of nitrogens with zero attached hydrogens (tertiary/aromatic N) is 1. The number of nitrogens with one attached hydrogen (secondary N) is 1. The van der Waals surface area contributed by atoms with Crippen molar-refractivity contribution in [2.75, 3.05) is 5.32 Å². The summed E-state index contributed by atoms with van der Waals surface area (Å²) in [5.41, 5.74) is 0.576. The van der Waals surface area contributed by atoms with Crippen LogP contribution in [0, 0.1) is 17.7 Å². The summed E-state index contributed by atoms with van der Waals surface area (Å²) in [5, 5.41) is 14.9. The summed E-state index contributed by atoms with van der Waals surface area (Å²) in [6.45, 7) is 1.56. The number of halogens is 1. The lowest BCUT2D eigenvalue weighted by atomic mass is 9.76. The highest BCUT2D eigenvalue weighted by Crippen LogP contribution is 2.49. The molecule has 5 atom stereocenters. The standard InChI is InChI=1S/C22H20FN3O4/c1-11(27)18-16-17(22(25-18)14-4-2-3-5-15(14)24-21(22)30)20(29)26(19(16)28)10-12-6-8-13(23)9-7-12/h2-9,11,16-18,25,27H,10H2,1H3,(H,24,30)/p+1/t11-,16+,17+,18-,22+/m1/s1. The van der Waals surface area contributed by atoms with E-state index in [4.69, 9.17) is 0 Å². The number of hydrogen-bond donors (Lipinski definition) is 3. The molecule has 1 spiro atoms. The van der Waals surface area contributed by atoms with E-state index < -0.39 is 47.2 Å². The first-order valence-corrected chi connectivity index (χ1v) is 9.89. The van der Waals surface area contributed by atoms with Crippen LogP contribution in [-0.4, -0.2) is 39.9 Å². The van der Waals surface area contributed by atoms with Crippen LogP contribution >= 0.6 is 0 Å². The first-order valence-electron chi connectivity index (χ1n) is 9.89. The van der Waals surface area contributed by atoms with Crippen LogP contribution in [0.2, 0.25) is 0 Å². The number of fused-ring (bicyclic) bond motifs is 4. The van der Waals surface area contributed by atoms with Gasteiger partial charge in [0.15, 0.2) is 0 Å². The maximum atomic E-state index is 13.5. The van der Waals surface area contributed by atoms with Gasteiger partial charge < -0.3 is 15.7 Å². The van der Waals surface area contributed by atoms with Gasteiger partial charge in [0.25, 0.3) is 5.91 Å². The second-order valence-corrected chi connectivity index (χ2v) is 8.25. The summed E-state index contributed by atoms with van der Waals surface area (Å²) in [5.74, 6) is -3.36. The zero-order valence-corrected chi connectivity index (χ0v) is 16.2. The quantitative estimate of drug-likeness (QED) is 0.625. The fourth-order valence-corrected chi connectivity index (χ4v) is 5.27. The Morgan fingerprint density at radius 3 is 2.53 bits per heavy atom. The van der Waals surface area contributed by atoms with Crippen molar-refractivity contribution < 1.29 is 29.2 Å². The highest BCUT2D eigenvalue weighted by Gasteiger charge is 2.74. The zero-order chi connectivity index (χ0) is 21.2. The average molecular weight is 410 g/mol. The second-order valence-electron chi connectivity index (χ2n) is 8.25. The van der Waals surface area contributed by atoms with Crippen molar-refractivity contribution >= 4 is 23.4 Å². The molecular formula is C22H21FN3O4+. The summed E-state index contributed by atoms with van der Waals surface area (Å²) >= 11 is 0. The fourth-order valence-electron chi connectivity index (χ4n) is 5.27. The number of nitrogens with two attached hydrogens (primary N) is 1. The Bertz CT molecular complexity index is 1070. The Labute approximate surface area is 171 Å². The van der Waals surface area contributed by atoms with Gasteiger partial charge in [-0.3, -0.25) is 19.3 Å². The molecule has 7 nitrogen and oxygen atoms in total. The molecule has 0 bridgehead atoms. The minimum atomic E-state index is -1.30. The van der Waals surface area contributed by atoms with Gasteiger partial charge in [-0.15, -0.1) is 0 Å². The first kappa shape index (κ1) is 18.9. The number of carbonyl (C=O) groups excluding carboxylic acids is 3. The molecule has 154 valence electrons. The van der Waals surface area contributed by atoms with Gasteiger partial charge in [-0.1, -0.05) is 30.3 Å². The lowest BCUT2D eigenvalue weighted by Gasteiger charge is -2.27. The maximum Gasteiger partial charge on any atom is 0.291 e. The van der Waals surface area contributed by atoms with Gasteiger partial charge in [0, 0.05) is 5.56 Å². The van der Waals surface area contributed by atoms with Gasteiger partial charge in [-0.05, 0) is 30.7 Å². The minimum absolute atomic E-state index is 0.00315. The average Bonchev–Trinajstić information content (AvgIpc) is 3.31. The van der Waals surface area contributed by atoms with Crippen molar-refractivity contribution in [3.05, 3.63) is 65.5 Å². The normalized spacial score (nSPS) is 30.6. The van der Waals surface area contributed by atoms with E-state index in [2.05, 4.69) is 5.32 Å². The number of imide groups is 1. The molecule has 8 heteroatoms. The van der Waals surface area contributed by atoms with Crippen molar-refractivity contribution in [1.82, 2.24) is 4.90 Å². The van der Waals surface area contributed by atoms with Gasteiger partial charge in [-0.2, -0.15) is 0 Å². The van der Waals surface area contributed by atoms with E-state index in [1.807, 2.05) is 0 Å². The predicted molar refractivity (Wildman–Crippen MR) is 103 cm³/mol.